The van der Waals surface area contributed by atoms with Crippen molar-refractivity contribution in [3.05, 3.63) is 100 Å². The van der Waals surface area contributed by atoms with E-state index in [4.69, 9.17) is 11.6 Å². The van der Waals surface area contributed by atoms with Crippen molar-refractivity contribution in [1.82, 2.24) is 14.2 Å². The molecule has 206 valence electrons. The standard InChI is InChI=1S/C29H32ClN3O5S/c1-19(31-17-28(34)22-5-4-6-24(30)15-22)13-21-9-12-26-23(14-21)16-27(29(35)36)33(26)18-20-7-10-25(11-8-20)39(37,38)32(2)3/h4-12,14-16,19,28,31,34H,13,17-18H2,1-3H3,(H,35,36)/t19-,28+/m1/s1. The zero-order valence-electron chi connectivity index (χ0n) is 22.0. The van der Waals surface area contributed by atoms with E-state index < -0.39 is 22.1 Å². The summed E-state index contributed by atoms with van der Waals surface area (Å²) < 4.78 is 27.6. The van der Waals surface area contributed by atoms with Crippen molar-refractivity contribution >= 4 is 38.5 Å². The average molecular weight is 570 g/mol. The van der Waals surface area contributed by atoms with Crippen LogP contribution >= 0.6 is 11.6 Å². The summed E-state index contributed by atoms with van der Waals surface area (Å²) in [6, 6.07) is 21.2. The minimum absolute atomic E-state index is 0.0641. The number of aliphatic hydroxyl groups is 1. The lowest BCUT2D eigenvalue weighted by atomic mass is 10.0. The van der Waals surface area contributed by atoms with Crippen molar-refractivity contribution in [2.24, 2.45) is 0 Å². The Hall–Kier alpha value is -3.21. The molecule has 0 amide bonds. The second-order valence-corrected chi connectivity index (χ2v) is 12.4. The number of fused-ring (bicyclic) bond motifs is 1. The number of nitrogens with one attached hydrogen (secondary N) is 1. The Kier molecular flexibility index (Phi) is 8.78. The zero-order valence-corrected chi connectivity index (χ0v) is 23.6. The monoisotopic (exact) mass is 569 g/mol. The van der Waals surface area contributed by atoms with Crippen LogP contribution in [0.25, 0.3) is 10.9 Å². The van der Waals surface area contributed by atoms with Gasteiger partial charge >= 0.3 is 5.97 Å². The number of hydrogen-bond acceptors (Lipinski definition) is 5. The highest BCUT2D eigenvalue weighted by Gasteiger charge is 2.19. The summed E-state index contributed by atoms with van der Waals surface area (Å²) in [7, 11) is -0.592. The molecule has 0 spiro atoms. The summed E-state index contributed by atoms with van der Waals surface area (Å²) in [5, 5.41) is 25.1. The van der Waals surface area contributed by atoms with Gasteiger partial charge in [0.25, 0.3) is 0 Å². The molecule has 0 fully saturated rings. The quantitative estimate of drug-likeness (QED) is 0.244. The van der Waals surface area contributed by atoms with Gasteiger partial charge in [0.1, 0.15) is 5.69 Å². The van der Waals surface area contributed by atoms with Crippen LogP contribution in [0.1, 0.15) is 40.2 Å². The highest BCUT2D eigenvalue weighted by atomic mass is 35.5. The minimum Gasteiger partial charge on any atom is -0.477 e. The van der Waals surface area contributed by atoms with Crippen LogP contribution in [0.15, 0.2) is 77.7 Å². The van der Waals surface area contributed by atoms with E-state index in [0.29, 0.717) is 18.0 Å². The van der Waals surface area contributed by atoms with E-state index in [1.807, 2.05) is 37.3 Å². The molecule has 0 unspecified atom stereocenters. The largest absolute Gasteiger partial charge is 0.477 e. The van der Waals surface area contributed by atoms with Crippen LogP contribution in [-0.2, 0) is 23.0 Å². The number of sulfonamides is 1. The van der Waals surface area contributed by atoms with Gasteiger partial charge in [0, 0.05) is 49.2 Å². The lowest BCUT2D eigenvalue weighted by Crippen LogP contribution is -2.32. The Morgan fingerprint density at radius 3 is 2.36 bits per heavy atom. The van der Waals surface area contributed by atoms with Gasteiger partial charge < -0.3 is 20.1 Å². The topological polar surface area (TPSA) is 112 Å². The predicted molar refractivity (Wildman–Crippen MR) is 153 cm³/mol. The number of carboxylic acid groups (broad SMARTS) is 1. The molecule has 0 aliphatic rings. The number of halogens is 1. The average Bonchev–Trinajstić information content (AvgIpc) is 3.25. The molecule has 0 aliphatic heterocycles. The molecular weight excluding hydrogens is 538 g/mol. The van der Waals surface area contributed by atoms with E-state index >= 15 is 0 Å². The number of aromatic nitrogens is 1. The third kappa shape index (κ3) is 6.69. The van der Waals surface area contributed by atoms with E-state index in [1.54, 1.807) is 34.9 Å². The van der Waals surface area contributed by atoms with Gasteiger partial charge in [0.05, 0.1) is 11.0 Å². The summed E-state index contributed by atoms with van der Waals surface area (Å²) in [6.07, 6.45) is 0.00554. The Morgan fingerprint density at radius 1 is 1.03 bits per heavy atom. The van der Waals surface area contributed by atoms with E-state index in [0.717, 1.165) is 31.9 Å². The maximum Gasteiger partial charge on any atom is 0.352 e. The number of hydrogen-bond donors (Lipinski definition) is 3. The molecule has 10 heteroatoms. The summed E-state index contributed by atoms with van der Waals surface area (Å²) >= 11 is 6.02. The number of carboxylic acids is 1. The van der Waals surface area contributed by atoms with E-state index in [9.17, 15) is 23.4 Å². The number of nitrogens with zero attached hydrogens (tertiary/aromatic N) is 2. The molecule has 0 saturated carbocycles. The molecule has 0 saturated heterocycles. The number of rotatable bonds is 11. The molecule has 0 aliphatic carbocycles. The first-order chi connectivity index (χ1) is 18.5. The molecule has 0 radical (unpaired) electrons. The van der Waals surface area contributed by atoms with E-state index in [-0.39, 0.29) is 23.2 Å². The fourth-order valence-electron chi connectivity index (χ4n) is 4.53. The van der Waals surface area contributed by atoms with Gasteiger partial charge in [-0.05, 0) is 72.5 Å². The van der Waals surface area contributed by atoms with Crippen LogP contribution in [-0.4, -0.2) is 60.2 Å². The minimum atomic E-state index is -3.54. The van der Waals surface area contributed by atoms with Crippen LogP contribution in [0.3, 0.4) is 0 Å². The maximum atomic E-state index is 12.4. The summed E-state index contributed by atoms with van der Waals surface area (Å²) in [4.78, 5) is 12.2. The van der Waals surface area contributed by atoms with Gasteiger partial charge in [-0.3, -0.25) is 0 Å². The lowest BCUT2D eigenvalue weighted by molar-refractivity contribution is 0.0686. The fraction of sp³-hybridized carbons (Fsp3) is 0.276. The molecule has 8 nitrogen and oxygen atoms in total. The number of carbonyl (C=O) groups is 1. The predicted octanol–water partition coefficient (Wildman–Crippen LogP) is 4.55. The van der Waals surface area contributed by atoms with Crippen molar-refractivity contribution in [3.8, 4) is 0 Å². The Balaban J connectivity index is 1.49. The molecular formula is C29H32ClN3O5S. The van der Waals surface area contributed by atoms with Crippen molar-refractivity contribution in [2.45, 2.75) is 36.9 Å². The molecule has 4 aromatic rings. The first kappa shape index (κ1) is 28.8. The van der Waals surface area contributed by atoms with Crippen molar-refractivity contribution < 1.29 is 23.4 Å². The summed E-state index contributed by atoms with van der Waals surface area (Å²) in [5.74, 6) is -1.04. The molecule has 2 atom stereocenters. The molecule has 0 bridgehead atoms. The van der Waals surface area contributed by atoms with Gasteiger partial charge in [0.2, 0.25) is 10.0 Å². The Morgan fingerprint density at radius 2 is 1.72 bits per heavy atom. The Bertz CT molecular complexity index is 1580. The van der Waals surface area contributed by atoms with Crippen molar-refractivity contribution in [2.75, 3.05) is 20.6 Å². The van der Waals surface area contributed by atoms with Crippen molar-refractivity contribution in [1.29, 1.82) is 0 Å². The molecule has 1 aromatic heterocycles. The van der Waals surface area contributed by atoms with Gasteiger partial charge in [0.15, 0.2) is 0 Å². The number of benzene rings is 3. The lowest BCUT2D eigenvalue weighted by Gasteiger charge is -2.18. The molecule has 1 heterocycles. The third-order valence-corrected chi connectivity index (χ3v) is 8.73. The highest BCUT2D eigenvalue weighted by molar-refractivity contribution is 7.89. The molecule has 4 rings (SSSR count). The SMILES string of the molecule is C[C@H](Cc1ccc2c(c1)cc(C(=O)O)n2Cc1ccc(S(=O)(=O)N(C)C)cc1)NC[C@H](O)c1cccc(Cl)c1. The normalized spacial score (nSPS) is 13.6. The van der Waals surface area contributed by atoms with Gasteiger partial charge in [-0.2, -0.15) is 0 Å². The smallest absolute Gasteiger partial charge is 0.352 e. The zero-order chi connectivity index (χ0) is 28.3. The van der Waals surface area contributed by atoms with Crippen molar-refractivity contribution in [3.63, 3.8) is 0 Å². The van der Waals surface area contributed by atoms with Crippen LogP contribution in [0.2, 0.25) is 5.02 Å². The second-order valence-electron chi connectivity index (χ2n) is 9.83. The third-order valence-electron chi connectivity index (χ3n) is 6.66. The maximum absolute atomic E-state index is 12.4. The van der Waals surface area contributed by atoms with Crippen LogP contribution in [0, 0.1) is 0 Å². The van der Waals surface area contributed by atoms with Crippen LogP contribution in [0.5, 0.6) is 0 Å². The first-order valence-electron chi connectivity index (χ1n) is 12.5. The van der Waals surface area contributed by atoms with Gasteiger partial charge in [-0.1, -0.05) is 41.9 Å². The molecule has 3 N–H and O–H groups in total. The van der Waals surface area contributed by atoms with E-state index in [1.165, 1.54) is 26.2 Å². The van der Waals surface area contributed by atoms with Gasteiger partial charge in [-0.25, -0.2) is 17.5 Å². The van der Waals surface area contributed by atoms with Crippen LogP contribution < -0.4 is 5.32 Å². The summed E-state index contributed by atoms with van der Waals surface area (Å²) in [6.45, 7) is 2.69. The summed E-state index contributed by atoms with van der Waals surface area (Å²) in [5.41, 5.74) is 3.50. The van der Waals surface area contributed by atoms with E-state index in [2.05, 4.69) is 5.32 Å². The first-order valence-corrected chi connectivity index (χ1v) is 14.3. The van der Waals surface area contributed by atoms with Crippen LogP contribution in [0.4, 0.5) is 0 Å². The van der Waals surface area contributed by atoms with Gasteiger partial charge in [-0.15, -0.1) is 0 Å². The highest BCUT2D eigenvalue weighted by Crippen LogP contribution is 2.25. The fourth-order valence-corrected chi connectivity index (χ4v) is 5.63. The number of aliphatic hydroxyl groups excluding tert-OH is 1. The molecule has 3 aromatic carbocycles. The molecule has 39 heavy (non-hydrogen) atoms. The number of aromatic carboxylic acids is 1. The Labute approximate surface area is 233 Å². The second kappa shape index (κ2) is 11.9.